The summed E-state index contributed by atoms with van der Waals surface area (Å²) in [4.78, 5) is 22.3. The lowest BCUT2D eigenvalue weighted by Crippen LogP contribution is -2.26. The van der Waals surface area contributed by atoms with Gasteiger partial charge in [0.05, 0.1) is 0 Å². The molecule has 0 spiro atoms. The van der Waals surface area contributed by atoms with Crippen LogP contribution < -0.4 is 16.8 Å². The second-order valence-corrected chi connectivity index (χ2v) is 8.28. The van der Waals surface area contributed by atoms with Crippen LogP contribution in [-0.2, 0) is 0 Å². The molecular weight excluding hydrogens is 434 g/mol. The highest BCUT2D eigenvalue weighted by Gasteiger charge is 2.22. The van der Waals surface area contributed by atoms with Crippen LogP contribution in [0.1, 0.15) is 23.7 Å². The lowest BCUT2D eigenvalue weighted by Gasteiger charge is -2.24. The molecule has 0 saturated carbocycles. The van der Waals surface area contributed by atoms with E-state index in [4.69, 9.17) is 11.5 Å². The highest BCUT2D eigenvalue weighted by atomic mass is 32.2. The molecule has 8 nitrogen and oxygen atoms in total. The summed E-state index contributed by atoms with van der Waals surface area (Å²) in [5, 5.41) is 9.72. The number of allylic oxidation sites excluding steroid dienone is 3. The molecule has 2 aliphatic heterocycles. The molecule has 0 bridgehead atoms. The van der Waals surface area contributed by atoms with Crippen LogP contribution in [0.3, 0.4) is 0 Å². The Kier molecular flexibility index (Phi) is 6.70. The van der Waals surface area contributed by atoms with Gasteiger partial charge in [0.15, 0.2) is 5.84 Å². The number of amidine groups is 3. The number of nitrogens with zero attached hydrogens (tertiary/aromatic N) is 4. The Morgan fingerprint density at radius 1 is 1.15 bits per heavy atom. The van der Waals surface area contributed by atoms with E-state index in [1.54, 1.807) is 30.1 Å². The first kappa shape index (κ1) is 22.1. The Morgan fingerprint density at radius 3 is 2.64 bits per heavy atom. The number of fused-ring (bicyclic) bond motifs is 1. The molecule has 0 aliphatic carbocycles. The lowest BCUT2D eigenvalue weighted by molar-refractivity contribution is 0.102. The standard InChI is InChI=1S/C24H23N7OS/c1-16(25)15-21(26)28-22-20-9-5-6-14-31(20)30-24(29-22)33-19-12-10-18(11-13-19)27-23(32)17-7-3-2-4-8-17/h2-4,6-15H,5,25H2,1H3,(H,27,32)(H2,26,28,29,30)/b16-15-. The number of hydrazone groups is 1. The maximum atomic E-state index is 12.3. The Morgan fingerprint density at radius 2 is 1.91 bits per heavy atom. The van der Waals surface area contributed by atoms with Gasteiger partial charge in [-0.15, -0.1) is 5.10 Å². The second kappa shape index (κ2) is 10.0. The molecule has 0 radical (unpaired) electrons. The van der Waals surface area contributed by atoms with Crippen LogP contribution in [0, 0.1) is 0 Å². The molecule has 0 atom stereocenters. The SMILES string of the molecule is C/C(N)=C/C(N)=NC1=NC(Sc2ccc(NC(=O)c3ccccc3)cc2)=NN2C=CCC=C12. The summed E-state index contributed by atoms with van der Waals surface area (Å²) in [5.41, 5.74) is 14.3. The van der Waals surface area contributed by atoms with Crippen molar-refractivity contribution in [1.82, 2.24) is 5.01 Å². The highest BCUT2D eigenvalue weighted by Crippen LogP contribution is 2.28. The van der Waals surface area contributed by atoms with Gasteiger partial charge < -0.3 is 16.8 Å². The number of carbonyl (C=O) groups is 1. The molecule has 0 unspecified atom stereocenters. The van der Waals surface area contributed by atoms with Crippen LogP contribution in [0.4, 0.5) is 5.69 Å². The fourth-order valence-corrected chi connectivity index (χ4v) is 3.82. The monoisotopic (exact) mass is 457 g/mol. The topological polar surface area (TPSA) is 121 Å². The van der Waals surface area contributed by atoms with E-state index in [0.29, 0.717) is 28.0 Å². The number of carbonyl (C=O) groups excluding carboxylic acids is 1. The zero-order chi connectivity index (χ0) is 23.2. The normalized spacial score (nSPS) is 15.9. The van der Waals surface area contributed by atoms with Gasteiger partial charge in [0.25, 0.3) is 5.91 Å². The molecule has 2 aromatic rings. The molecule has 2 heterocycles. The lowest BCUT2D eigenvalue weighted by atomic mass is 10.2. The number of hydrogen-bond acceptors (Lipinski definition) is 7. The van der Waals surface area contributed by atoms with E-state index in [1.807, 2.05) is 60.8 Å². The number of benzene rings is 2. The molecule has 1 amide bonds. The van der Waals surface area contributed by atoms with E-state index in [2.05, 4.69) is 20.4 Å². The summed E-state index contributed by atoms with van der Waals surface area (Å²) in [6.07, 6.45) is 8.22. The van der Waals surface area contributed by atoms with Crippen molar-refractivity contribution in [2.75, 3.05) is 5.32 Å². The van der Waals surface area contributed by atoms with E-state index >= 15 is 0 Å². The summed E-state index contributed by atoms with van der Waals surface area (Å²) in [5.74, 6) is 0.586. The van der Waals surface area contributed by atoms with Crippen LogP contribution in [0.5, 0.6) is 0 Å². The van der Waals surface area contributed by atoms with Crippen LogP contribution in [-0.4, -0.2) is 27.8 Å². The molecule has 2 aromatic carbocycles. The Labute approximate surface area is 196 Å². The van der Waals surface area contributed by atoms with Crippen molar-refractivity contribution in [2.24, 2.45) is 26.6 Å². The maximum Gasteiger partial charge on any atom is 0.255 e. The summed E-state index contributed by atoms with van der Waals surface area (Å²) < 4.78 is 0. The van der Waals surface area contributed by atoms with Crippen LogP contribution in [0.2, 0.25) is 0 Å². The smallest absolute Gasteiger partial charge is 0.255 e. The number of hydrogen-bond donors (Lipinski definition) is 3. The minimum Gasteiger partial charge on any atom is -0.402 e. The number of rotatable bonds is 4. The van der Waals surface area contributed by atoms with E-state index in [1.165, 1.54) is 11.8 Å². The molecule has 0 saturated heterocycles. The summed E-state index contributed by atoms with van der Waals surface area (Å²) in [6, 6.07) is 16.6. The van der Waals surface area contributed by atoms with Gasteiger partial charge in [-0.25, -0.2) is 10.0 Å². The van der Waals surface area contributed by atoms with Gasteiger partial charge in [-0.1, -0.05) is 30.4 Å². The van der Waals surface area contributed by atoms with Crippen LogP contribution in [0.25, 0.3) is 0 Å². The molecule has 9 heteroatoms. The third kappa shape index (κ3) is 5.78. The van der Waals surface area contributed by atoms with E-state index in [-0.39, 0.29) is 11.7 Å². The summed E-state index contributed by atoms with van der Waals surface area (Å²) in [7, 11) is 0. The zero-order valence-electron chi connectivity index (χ0n) is 18.0. The van der Waals surface area contributed by atoms with Gasteiger partial charge in [-0.2, -0.15) is 4.99 Å². The summed E-state index contributed by atoms with van der Waals surface area (Å²) >= 11 is 1.39. The van der Waals surface area contributed by atoms with Gasteiger partial charge in [-0.3, -0.25) is 4.79 Å². The molecule has 4 rings (SSSR count). The quantitative estimate of drug-likeness (QED) is 0.473. The first-order valence-corrected chi connectivity index (χ1v) is 11.1. The van der Waals surface area contributed by atoms with E-state index < -0.39 is 0 Å². The number of anilines is 1. The van der Waals surface area contributed by atoms with Gasteiger partial charge in [-0.05, 0) is 67.6 Å². The third-order valence-electron chi connectivity index (χ3n) is 4.53. The first-order valence-electron chi connectivity index (χ1n) is 10.2. The molecular formula is C24H23N7OS. The predicted molar refractivity (Wildman–Crippen MR) is 135 cm³/mol. The van der Waals surface area contributed by atoms with Crippen molar-refractivity contribution >= 4 is 40.2 Å². The van der Waals surface area contributed by atoms with Crippen molar-refractivity contribution in [3.05, 3.63) is 96.0 Å². The van der Waals surface area contributed by atoms with Crippen molar-refractivity contribution < 1.29 is 4.79 Å². The minimum absolute atomic E-state index is 0.157. The number of thioether (sulfide) groups is 1. The fourth-order valence-electron chi connectivity index (χ4n) is 3.08. The number of nitrogens with one attached hydrogen (secondary N) is 1. The van der Waals surface area contributed by atoms with Gasteiger partial charge >= 0.3 is 0 Å². The molecule has 166 valence electrons. The van der Waals surface area contributed by atoms with Gasteiger partial charge in [0.2, 0.25) is 5.17 Å². The molecule has 33 heavy (non-hydrogen) atoms. The Bertz CT molecular complexity index is 1220. The largest absolute Gasteiger partial charge is 0.402 e. The van der Waals surface area contributed by atoms with Crippen molar-refractivity contribution in [3.8, 4) is 0 Å². The minimum atomic E-state index is -0.157. The second-order valence-electron chi connectivity index (χ2n) is 7.24. The predicted octanol–water partition coefficient (Wildman–Crippen LogP) is 4.04. The third-order valence-corrected chi connectivity index (χ3v) is 5.40. The van der Waals surface area contributed by atoms with Crippen molar-refractivity contribution in [2.45, 2.75) is 18.2 Å². The van der Waals surface area contributed by atoms with Crippen molar-refractivity contribution in [3.63, 3.8) is 0 Å². The van der Waals surface area contributed by atoms with Gasteiger partial charge in [0.1, 0.15) is 11.5 Å². The number of nitrogens with two attached hydrogens (primary N) is 2. The maximum absolute atomic E-state index is 12.3. The zero-order valence-corrected chi connectivity index (χ0v) is 18.8. The van der Waals surface area contributed by atoms with E-state index in [9.17, 15) is 4.79 Å². The van der Waals surface area contributed by atoms with E-state index in [0.717, 1.165) is 17.0 Å². The highest BCUT2D eigenvalue weighted by molar-refractivity contribution is 8.14. The van der Waals surface area contributed by atoms with Crippen LogP contribution in [0.15, 0.2) is 110 Å². The summed E-state index contributed by atoms with van der Waals surface area (Å²) in [6.45, 7) is 1.74. The first-order chi connectivity index (χ1) is 16.0. The number of amides is 1. The molecule has 0 aromatic heterocycles. The van der Waals surface area contributed by atoms with Gasteiger partial charge in [0, 0.05) is 28.0 Å². The molecule has 5 N–H and O–H groups in total. The molecule has 0 fully saturated rings. The molecule has 2 aliphatic rings. The Hall–Kier alpha value is -4.11. The fraction of sp³-hybridized carbons (Fsp3) is 0.0833. The number of aliphatic imine (C=N–C) groups is 2. The average molecular weight is 458 g/mol. The van der Waals surface area contributed by atoms with Crippen LogP contribution >= 0.6 is 11.8 Å². The average Bonchev–Trinajstić information content (AvgIpc) is 2.80. The van der Waals surface area contributed by atoms with Crippen molar-refractivity contribution in [1.29, 1.82) is 0 Å². The Balaban J connectivity index is 1.50.